The van der Waals surface area contributed by atoms with E-state index in [0.717, 1.165) is 39.4 Å². The molecule has 1 aromatic heterocycles. The molecule has 3 aromatic rings. The van der Waals surface area contributed by atoms with Gasteiger partial charge in [-0.1, -0.05) is 42.5 Å². The Labute approximate surface area is 184 Å². The third-order valence-electron chi connectivity index (χ3n) is 5.47. The van der Waals surface area contributed by atoms with Gasteiger partial charge in [0, 0.05) is 36.9 Å². The van der Waals surface area contributed by atoms with E-state index < -0.39 is 18.7 Å². The summed E-state index contributed by atoms with van der Waals surface area (Å²) in [6, 6.07) is 18.4. The lowest BCUT2D eigenvalue weighted by molar-refractivity contribution is -0.180. The second-order valence-corrected chi connectivity index (χ2v) is 12.2. The smallest absolute Gasteiger partial charge is 0.205 e. The summed E-state index contributed by atoms with van der Waals surface area (Å²) >= 11 is 0. The number of nitrogens with one attached hydrogen (secondary N) is 1. The van der Waals surface area contributed by atoms with Crippen LogP contribution in [0.5, 0.6) is 5.75 Å². The highest BCUT2D eigenvalue weighted by atomic mass is 31.2. The van der Waals surface area contributed by atoms with Crippen molar-refractivity contribution in [3.63, 3.8) is 0 Å². The van der Waals surface area contributed by atoms with Crippen LogP contribution in [0.15, 0.2) is 60.8 Å². The number of nitrogens with zero attached hydrogens (tertiary/aromatic N) is 1. The van der Waals surface area contributed by atoms with E-state index in [1.54, 1.807) is 19.5 Å². The zero-order valence-electron chi connectivity index (χ0n) is 18.7. The Kier molecular flexibility index (Phi) is 5.67. The van der Waals surface area contributed by atoms with Gasteiger partial charge in [0.25, 0.3) is 0 Å². The Morgan fingerprint density at radius 1 is 1.03 bits per heavy atom. The number of benzene rings is 2. The molecule has 4 rings (SSSR count). The van der Waals surface area contributed by atoms with E-state index in [9.17, 15) is 4.57 Å². The fraction of sp³-hybridized carbons (Fsp3) is 0.320. The molecule has 1 N–H and O–H groups in total. The van der Waals surface area contributed by atoms with Crippen molar-refractivity contribution in [1.82, 2.24) is 4.98 Å². The van der Waals surface area contributed by atoms with E-state index in [4.69, 9.17) is 9.47 Å². The SMILES string of the molecule is Cc1ncc(C(Nc2ccc(-c3ccccc3)cc2)P(C)(C)=O)c2c1OC(C)(C)OC2. The number of hydrogen-bond donors (Lipinski definition) is 1. The monoisotopic (exact) mass is 436 g/mol. The quantitative estimate of drug-likeness (QED) is 0.467. The summed E-state index contributed by atoms with van der Waals surface area (Å²) in [5.74, 6) is -0.380. The maximum absolute atomic E-state index is 13.3. The van der Waals surface area contributed by atoms with Gasteiger partial charge in [0.15, 0.2) is 0 Å². The minimum absolute atomic E-state index is 0.395. The van der Waals surface area contributed by atoms with Gasteiger partial charge in [-0.3, -0.25) is 4.98 Å². The van der Waals surface area contributed by atoms with Crippen LogP contribution in [0.4, 0.5) is 5.69 Å². The van der Waals surface area contributed by atoms with Crippen LogP contribution in [0, 0.1) is 6.92 Å². The van der Waals surface area contributed by atoms with Crippen molar-refractivity contribution in [1.29, 1.82) is 0 Å². The zero-order valence-corrected chi connectivity index (χ0v) is 19.6. The van der Waals surface area contributed by atoms with Crippen LogP contribution < -0.4 is 10.1 Å². The van der Waals surface area contributed by atoms with Crippen LogP contribution in [-0.2, 0) is 15.9 Å². The Bertz CT molecular complexity index is 1120. The van der Waals surface area contributed by atoms with E-state index in [0.29, 0.717) is 6.61 Å². The summed E-state index contributed by atoms with van der Waals surface area (Å²) in [7, 11) is -2.59. The molecule has 6 heteroatoms. The van der Waals surface area contributed by atoms with E-state index in [2.05, 4.69) is 34.6 Å². The number of ether oxygens (including phenoxy) is 2. The average Bonchev–Trinajstić information content (AvgIpc) is 2.73. The molecule has 0 aliphatic carbocycles. The Morgan fingerprint density at radius 3 is 2.32 bits per heavy atom. The van der Waals surface area contributed by atoms with Gasteiger partial charge >= 0.3 is 0 Å². The van der Waals surface area contributed by atoms with Crippen LogP contribution >= 0.6 is 7.14 Å². The van der Waals surface area contributed by atoms with Crippen molar-refractivity contribution in [3.05, 3.63) is 77.6 Å². The fourth-order valence-corrected chi connectivity index (χ4v) is 5.16. The normalized spacial score (nSPS) is 16.2. The average molecular weight is 436 g/mol. The third-order valence-corrected chi connectivity index (χ3v) is 7.12. The van der Waals surface area contributed by atoms with Crippen LogP contribution in [0.1, 0.15) is 36.5 Å². The molecule has 2 heterocycles. The van der Waals surface area contributed by atoms with Crippen molar-refractivity contribution in [2.24, 2.45) is 0 Å². The minimum Gasteiger partial charge on any atom is -0.461 e. The molecule has 162 valence electrons. The number of anilines is 1. The van der Waals surface area contributed by atoms with Crippen LogP contribution in [-0.4, -0.2) is 24.1 Å². The summed E-state index contributed by atoms with van der Waals surface area (Å²) < 4.78 is 25.3. The standard InChI is InChI=1S/C25H29N2O3P/c1-17-23-22(16-29-25(2,3)30-23)21(15-26-17)24(31(4,5)28)27-20-13-11-19(12-14-20)18-9-7-6-8-10-18/h6-15,24,27H,16H2,1-5H3. The lowest BCUT2D eigenvalue weighted by atomic mass is 10.0. The number of pyridine rings is 1. The number of hydrogen-bond acceptors (Lipinski definition) is 5. The first-order chi connectivity index (χ1) is 14.6. The largest absolute Gasteiger partial charge is 0.461 e. The van der Waals surface area contributed by atoms with Crippen LogP contribution in [0.25, 0.3) is 11.1 Å². The number of fused-ring (bicyclic) bond motifs is 1. The molecule has 31 heavy (non-hydrogen) atoms. The third kappa shape index (κ3) is 4.68. The molecule has 2 aromatic carbocycles. The maximum Gasteiger partial charge on any atom is 0.205 e. The van der Waals surface area contributed by atoms with Crippen molar-refractivity contribution < 1.29 is 14.0 Å². The van der Waals surface area contributed by atoms with Gasteiger partial charge in [-0.2, -0.15) is 0 Å². The molecular formula is C25H29N2O3P. The highest BCUT2D eigenvalue weighted by Crippen LogP contribution is 2.55. The first-order valence-corrected chi connectivity index (χ1v) is 13.1. The molecule has 0 radical (unpaired) electrons. The van der Waals surface area contributed by atoms with Gasteiger partial charge in [-0.05, 0) is 43.5 Å². The molecule has 5 nitrogen and oxygen atoms in total. The van der Waals surface area contributed by atoms with Gasteiger partial charge in [0.1, 0.15) is 18.7 Å². The van der Waals surface area contributed by atoms with E-state index >= 15 is 0 Å². The summed E-state index contributed by atoms with van der Waals surface area (Å²) in [6.07, 6.45) is 1.80. The molecule has 1 atom stereocenters. The molecule has 0 bridgehead atoms. The Hall–Kier alpha value is -2.62. The van der Waals surface area contributed by atoms with Gasteiger partial charge in [0.2, 0.25) is 5.79 Å². The van der Waals surface area contributed by atoms with Crippen molar-refractivity contribution in [3.8, 4) is 16.9 Å². The van der Waals surface area contributed by atoms with E-state index in [1.807, 2.05) is 51.1 Å². The van der Waals surface area contributed by atoms with Gasteiger partial charge in [-0.15, -0.1) is 0 Å². The summed E-state index contributed by atoms with van der Waals surface area (Å²) in [5, 5.41) is 3.49. The fourth-order valence-electron chi connectivity index (χ4n) is 3.81. The first-order valence-electron chi connectivity index (χ1n) is 10.4. The second kappa shape index (κ2) is 8.14. The minimum atomic E-state index is -2.59. The second-order valence-electron chi connectivity index (χ2n) is 8.82. The Morgan fingerprint density at radius 2 is 1.68 bits per heavy atom. The zero-order chi connectivity index (χ0) is 22.2. The van der Waals surface area contributed by atoms with Crippen molar-refractivity contribution in [2.45, 2.75) is 38.9 Å². The predicted molar refractivity (Wildman–Crippen MR) is 126 cm³/mol. The van der Waals surface area contributed by atoms with E-state index in [-0.39, 0.29) is 0 Å². The van der Waals surface area contributed by atoms with Crippen molar-refractivity contribution in [2.75, 3.05) is 18.6 Å². The van der Waals surface area contributed by atoms with Crippen molar-refractivity contribution >= 4 is 12.8 Å². The van der Waals surface area contributed by atoms with Gasteiger partial charge in [-0.25, -0.2) is 0 Å². The topological polar surface area (TPSA) is 60.5 Å². The molecule has 0 saturated carbocycles. The summed E-state index contributed by atoms with van der Waals surface area (Å²) in [4.78, 5) is 4.55. The highest BCUT2D eigenvalue weighted by molar-refractivity contribution is 7.62. The molecule has 1 aliphatic heterocycles. The summed E-state index contributed by atoms with van der Waals surface area (Å²) in [6.45, 7) is 9.68. The van der Waals surface area contributed by atoms with E-state index in [1.165, 1.54) is 0 Å². The maximum atomic E-state index is 13.3. The predicted octanol–water partition coefficient (Wildman–Crippen LogP) is 6.44. The molecular weight excluding hydrogens is 407 g/mol. The summed E-state index contributed by atoms with van der Waals surface area (Å²) in [5.41, 5.74) is 5.78. The molecule has 0 amide bonds. The first kappa shape index (κ1) is 21.6. The molecule has 1 aliphatic rings. The van der Waals surface area contributed by atoms with Gasteiger partial charge in [0.05, 0.1) is 12.3 Å². The number of aryl methyl sites for hydroxylation is 1. The molecule has 1 unspecified atom stereocenters. The lowest BCUT2D eigenvalue weighted by Gasteiger charge is -2.36. The van der Waals surface area contributed by atoms with Gasteiger partial charge < -0.3 is 19.4 Å². The number of rotatable bonds is 5. The Balaban J connectivity index is 1.68. The van der Waals surface area contributed by atoms with Crippen LogP contribution in [0.3, 0.4) is 0 Å². The number of aromatic nitrogens is 1. The lowest BCUT2D eigenvalue weighted by Crippen LogP contribution is -2.36. The molecule has 0 fully saturated rings. The molecule has 0 saturated heterocycles. The van der Waals surface area contributed by atoms with Crippen LogP contribution in [0.2, 0.25) is 0 Å². The molecule has 0 spiro atoms. The highest BCUT2D eigenvalue weighted by Gasteiger charge is 2.35.